The SMILES string of the molecule is CCc1nc(C)c(C(=O)NC2CCN([C@@H]3CCN(C)C3=O)CC2)o1. The van der Waals surface area contributed by atoms with E-state index in [1.54, 1.807) is 11.8 Å². The number of aromatic nitrogens is 1. The van der Waals surface area contributed by atoms with Crippen LogP contribution < -0.4 is 5.32 Å². The van der Waals surface area contributed by atoms with Gasteiger partial charge in [-0.2, -0.15) is 0 Å². The summed E-state index contributed by atoms with van der Waals surface area (Å²) >= 11 is 0. The maximum absolute atomic E-state index is 12.4. The maximum Gasteiger partial charge on any atom is 0.289 e. The number of carbonyl (C=O) groups excluding carboxylic acids is 2. The Labute approximate surface area is 142 Å². The number of aryl methyl sites for hydroxylation is 2. The normalized spacial score (nSPS) is 23.0. The topological polar surface area (TPSA) is 78.7 Å². The van der Waals surface area contributed by atoms with Crippen LogP contribution >= 0.6 is 0 Å². The minimum Gasteiger partial charge on any atom is -0.435 e. The lowest BCUT2D eigenvalue weighted by Gasteiger charge is -2.35. The molecule has 1 atom stereocenters. The number of hydrogen-bond acceptors (Lipinski definition) is 5. The summed E-state index contributed by atoms with van der Waals surface area (Å²) in [7, 11) is 1.86. The number of oxazole rings is 1. The molecule has 0 unspecified atom stereocenters. The number of carbonyl (C=O) groups is 2. The largest absolute Gasteiger partial charge is 0.435 e. The Morgan fingerprint density at radius 3 is 2.54 bits per heavy atom. The van der Waals surface area contributed by atoms with E-state index in [2.05, 4.69) is 15.2 Å². The van der Waals surface area contributed by atoms with Crippen LogP contribution in [-0.4, -0.2) is 65.4 Å². The van der Waals surface area contributed by atoms with Crippen molar-refractivity contribution in [1.82, 2.24) is 20.1 Å². The summed E-state index contributed by atoms with van der Waals surface area (Å²) in [5.74, 6) is 0.954. The van der Waals surface area contributed by atoms with E-state index in [0.29, 0.717) is 23.8 Å². The van der Waals surface area contributed by atoms with Gasteiger partial charge >= 0.3 is 0 Å². The molecule has 7 nitrogen and oxygen atoms in total. The molecule has 0 spiro atoms. The van der Waals surface area contributed by atoms with Crippen LogP contribution in [0.1, 0.15) is 48.3 Å². The zero-order chi connectivity index (χ0) is 17.3. The molecule has 7 heteroatoms. The number of rotatable bonds is 4. The third-order valence-corrected chi connectivity index (χ3v) is 5.05. The lowest BCUT2D eigenvalue weighted by Crippen LogP contribution is -2.50. The molecule has 1 N–H and O–H groups in total. The first-order chi connectivity index (χ1) is 11.5. The van der Waals surface area contributed by atoms with Crippen molar-refractivity contribution in [2.45, 2.75) is 51.6 Å². The Morgan fingerprint density at radius 2 is 2.00 bits per heavy atom. The van der Waals surface area contributed by atoms with Gasteiger partial charge in [-0.1, -0.05) is 6.92 Å². The lowest BCUT2D eigenvalue weighted by atomic mass is 10.0. The van der Waals surface area contributed by atoms with Crippen LogP contribution in [0.4, 0.5) is 0 Å². The van der Waals surface area contributed by atoms with E-state index in [0.717, 1.165) is 38.9 Å². The Hall–Kier alpha value is -1.89. The quantitative estimate of drug-likeness (QED) is 0.888. The fourth-order valence-electron chi connectivity index (χ4n) is 3.56. The molecule has 3 heterocycles. The molecule has 0 saturated carbocycles. The summed E-state index contributed by atoms with van der Waals surface area (Å²) < 4.78 is 5.51. The van der Waals surface area contributed by atoms with Crippen LogP contribution in [-0.2, 0) is 11.2 Å². The summed E-state index contributed by atoms with van der Waals surface area (Å²) in [4.78, 5) is 32.8. The van der Waals surface area contributed by atoms with E-state index in [1.807, 2.05) is 14.0 Å². The molecule has 2 saturated heterocycles. The number of likely N-dealkylation sites (N-methyl/N-ethyl adjacent to an activating group) is 1. The molecule has 2 aliphatic rings. The van der Waals surface area contributed by atoms with Gasteiger partial charge in [0, 0.05) is 39.1 Å². The first kappa shape index (κ1) is 17.0. The number of nitrogens with zero attached hydrogens (tertiary/aromatic N) is 3. The van der Waals surface area contributed by atoms with Gasteiger partial charge in [-0.15, -0.1) is 0 Å². The molecule has 0 aromatic carbocycles. The monoisotopic (exact) mass is 334 g/mol. The second-order valence-electron chi connectivity index (χ2n) is 6.72. The number of likely N-dealkylation sites (tertiary alicyclic amines) is 2. The number of nitrogens with one attached hydrogen (secondary N) is 1. The van der Waals surface area contributed by atoms with Crippen LogP contribution in [0.25, 0.3) is 0 Å². The van der Waals surface area contributed by atoms with Gasteiger partial charge < -0.3 is 14.6 Å². The maximum atomic E-state index is 12.4. The highest BCUT2D eigenvalue weighted by Crippen LogP contribution is 2.21. The molecule has 3 rings (SSSR count). The predicted octanol–water partition coefficient (Wildman–Crippen LogP) is 0.970. The van der Waals surface area contributed by atoms with Crippen molar-refractivity contribution in [1.29, 1.82) is 0 Å². The molecular weight excluding hydrogens is 308 g/mol. The smallest absolute Gasteiger partial charge is 0.289 e. The highest BCUT2D eigenvalue weighted by atomic mass is 16.4. The Bertz CT molecular complexity index is 619. The van der Waals surface area contributed by atoms with E-state index in [-0.39, 0.29) is 23.9 Å². The third kappa shape index (κ3) is 3.31. The van der Waals surface area contributed by atoms with Gasteiger partial charge in [0.05, 0.1) is 11.7 Å². The Kier molecular flexibility index (Phi) is 4.89. The standard InChI is InChI=1S/C17H26N4O3/c1-4-14-18-11(2)15(24-14)16(22)19-12-5-9-21(10-6-12)13-7-8-20(3)17(13)23/h12-13H,4-10H2,1-3H3,(H,19,22)/t13-/m1/s1. The molecular formula is C17H26N4O3. The minimum absolute atomic E-state index is 0.0234. The van der Waals surface area contributed by atoms with E-state index in [9.17, 15) is 9.59 Å². The van der Waals surface area contributed by atoms with Gasteiger partial charge in [0.15, 0.2) is 5.89 Å². The summed E-state index contributed by atoms with van der Waals surface area (Å²) in [6.45, 7) is 6.26. The van der Waals surface area contributed by atoms with Crippen molar-refractivity contribution in [3.63, 3.8) is 0 Å². The van der Waals surface area contributed by atoms with Crippen LogP contribution in [0.2, 0.25) is 0 Å². The average molecular weight is 334 g/mol. The molecule has 1 aromatic rings. The van der Waals surface area contributed by atoms with Crippen LogP contribution in [0.3, 0.4) is 0 Å². The van der Waals surface area contributed by atoms with Crippen molar-refractivity contribution in [2.24, 2.45) is 0 Å². The molecule has 132 valence electrons. The number of hydrogen-bond donors (Lipinski definition) is 1. The average Bonchev–Trinajstić information content (AvgIpc) is 3.12. The van der Waals surface area contributed by atoms with Crippen LogP contribution in [0.5, 0.6) is 0 Å². The fraction of sp³-hybridized carbons (Fsp3) is 0.706. The van der Waals surface area contributed by atoms with Gasteiger partial charge in [0.2, 0.25) is 11.7 Å². The highest BCUT2D eigenvalue weighted by molar-refractivity contribution is 5.92. The van der Waals surface area contributed by atoms with Crippen molar-refractivity contribution < 1.29 is 14.0 Å². The number of piperidine rings is 1. The van der Waals surface area contributed by atoms with Crippen molar-refractivity contribution in [3.05, 3.63) is 17.3 Å². The fourth-order valence-corrected chi connectivity index (χ4v) is 3.56. The molecule has 2 aliphatic heterocycles. The molecule has 2 fully saturated rings. The van der Waals surface area contributed by atoms with Crippen molar-refractivity contribution >= 4 is 11.8 Å². The van der Waals surface area contributed by atoms with Gasteiger partial charge in [-0.25, -0.2) is 4.98 Å². The van der Waals surface area contributed by atoms with E-state index < -0.39 is 0 Å². The lowest BCUT2D eigenvalue weighted by molar-refractivity contribution is -0.131. The van der Waals surface area contributed by atoms with Gasteiger partial charge in [-0.05, 0) is 26.2 Å². The summed E-state index contributed by atoms with van der Waals surface area (Å²) in [6, 6.07) is 0.146. The first-order valence-corrected chi connectivity index (χ1v) is 8.75. The summed E-state index contributed by atoms with van der Waals surface area (Å²) in [5, 5.41) is 3.05. The first-order valence-electron chi connectivity index (χ1n) is 8.75. The van der Waals surface area contributed by atoms with E-state index >= 15 is 0 Å². The predicted molar refractivity (Wildman–Crippen MR) is 88.7 cm³/mol. The van der Waals surface area contributed by atoms with E-state index in [1.165, 1.54) is 0 Å². The molecule has 24 heavy (non-hydrogen) atoms. The Balaban J connectivity index is 1.52. The minimum atomic E-state index is -0.185. The zero-order valence-electron chi connectivity index (χ0n) is 14.7. The van der Waals surface area contributed by atoms with Gasteiger partial charge in [0.1, 0.15) is 0 Å². The highest BCUT2D eigenvalue weighted by Gasteiger charge is 2.36. The third-order valence-electron chi connectivity index (χ3n) is 5.05. The van der Waals surface area contributed by atoms with Crippen molar-refractivity contribution in [3.8, 4) is 0 Å². The van der Waals surface area contributed by atoms with E-state index in [4.69, 9.17) is 4.42 Å². The van der Waals surface area contributed by atoms with Gasteiger partial charge in [0.25, 0.3) is 5.91 Å². The Morgan fingerprint density at radius 1 is 1.29 bits per heavy atom. The molecule has 0 bridgehead atoms. The number of amides is 2. The second-order valence-corrected chi connectivity index (χ2v) is 6.72. The zero-order valence-corrected chi connectivity index (χ0v) is 14.7. The molecule has 1 aromatic heterocycles. The second kappa shape index (κ2) is 6.93. The van der Waals surface area contributed by atoms with Crippen LogP contribution in [0, 0.1) is 6.92 Å². The molecule has 0 radical (unpaired) electrons. The van der Waals surface area contributed by atoms with Gasteiger partial charge in [-0.3, -0.25) is 14.5 Å². The molecule has 2 amide bonds. The van der Waals surface area contributed by atoms with Crippen molar-refractivity contribution in [2.75, 3.05) is 26.7 Å². The van der Waals surface area contributed by atoms with Crippen LogP contribution in [0.15, 0.2) is 4.42 Å². The summed E-state index contributed by atoms with van der Waals surface area (Å²) in [5.41, 5.74) is 0.640. The molecule has 0 aliphatic carbocycles. The summed E-state index contributed by atoms with van der Waals surface area (Å²) in [6.07, 6.45) is 3.29.